The van der Waals surface area contributed by atoms with Crippen molar-refractivity contribution < 1.29 is 4.79 Å². The van der Waals surface area contributed by atoms with Gasteiger partial charge in [-0.3, -0.25) is 0 Å². The third-order valence-corrected chi connectivity index (χ3v) is 6.22. The molecule has 0 saturated heterocycles. The number of anilines is 2. The lowest BCUT2D eigenvalue weighted by Crippen LogP contribution is -2.29. The number of nitrogens with one attached hydrogen (secondary N) is 3. The molecule has 0 fully saturated rings. The molecule has 7 nitrogen and oxygen atoms in total. The molecular weight excluding hydrogens is 563 g/mol. The van der Waals surface area contributed by atoms with Gasteiger partial charge in [0.15, 0.2) is 5.65 Å². The zero-order valence-electron chi connectivity index (χ0n) is 17.8. The summed E-state index contributed by atoms with van der Waals surface area (Å²) in [5.74, 6) is 0.800. The highest BCUT2D eigenvalue weighted by Crippen LogP contribution is 2.30. The van der Waals surface area contributed by atoms with Crippen molar-refractivity contribution in [1.82, 2.24) is 19.9 Å². The number of hydrogen-bond acceptors (Lipinski definition) is 4. The van der Waals surface area contributed by atoms with Crippen molar-refractivity contribution in [2.45, 2.75) is 12.8 Å². The van der Waals surface area contributed by atoms with E-state index >= 15 is 0 Å². The lowest BCUT2D eigenvalue weighted by Gasteiger charge is -2.12. The number of urea groups is 1. The van der Waals surface area contributed by atoms with Gasteiger partial charge in [0.25, 0.3) is 0 Å². The SMILES string of the molecule is O=C(NCCCCNc1cc(-c2ccccc2Cl)nc2c(Br)cnn12)Nc1cc(Cl)cc(Cl)c1. The maximum absolute atomic E-state index is 12.1. The van der Waals surface area contributed by atoms with E-state index in [1.807, 2.05) is 30.3 Å². The molecule has 0 aliphatic heterocycles. The van der Waals surface area contributed by atoms with Crippen LogP contribution in [0.3, 0.4) is 0 Å². The number of halogens is 4. The second-order valence-electron chi connectivity index (χ2n) is 7.41. The largest absolute Gasteiger partial charge is 0.370 e. The minimum Gasteiger partial charge on any atom is -0.370 e. The molecule has 2 aromatic heterocycles. The third-order valence-electron chi connectivity index (χ3n) is 4.89. The number of fused-ring (bicyclic) bond motifs is 1. The van der Waals surface area contributed by atoms with Crippen LogP contribution in [0.15, 0.2) is 59.2 Å². The Morgan fingerprint density at radius 2 is 1.74 bits per heavy atom. The first kappa shape index (κ1) is 24.6. The number of nitrogens with zero attached hydrogens (tertiary/aromatic N) is 3. The maximum Gasteiger partial charge on any atom is 0.319 e. The minimum absolute atomic E-state index is 0.312. The minimum atomic E-state index is -0.312. The van der Waals surface area contributed by atoms with Gasteiger partial charge in [0.05, 0.1) is 16.4 Å². The summed E-state index contributed by atoms with van der Waals surface area (Å²) in [4.78, 5) is 16.8. The number of carbonyl (C=O) groups excluding carboxylic acids is 1. The number of hydrogen-bond donors (Lipinski definition) is 3. The average molecular weight is 583 g/mol. The highest BCUT2D eigenvalue weighted by molar-refractivity contribution is 9.10. The third kappa shape index (κ3) is 6.13. The quantitative estimate of drug-likeness (QED) is 0.193. The van der Waals surface area contributed by atoms with Gasteiger partial charge in [-0.05, 0) is 53.0 Å². The van der Waals surface area contributed by atoms with Crippen molar-refractivity contribution in [2.75, 3.05) is 23.7 Å². The van der Waals surface area contributed by atoms with Gasteiger partial charge in [0.2, 0.25) is 0 Å². The topological polar surface area (TPSA) is 83.3 Å². The standard InChI is InChI=1S/C23H20BrCl3N6O/c24-18-13-30-33-21(12-20(32-22(18)33)17-5-1-2-6-19(17)27)28-7-3-4-8-29-23(34)31-16-10-14(25)9-15(26)11-16/h1-2,5-6,9-13,28H,3-4,7-8H2,(H2,29,31,34). The van der Waals surface area contributed by atoms with Gasteiger partial charge in [0, 0.05) is 45.5 Å². The molecule has 2 amide bonds. The number of carbonyl (C=O) groups is 1. The summed E-state index contributed by atoms with van der Waals surface area (Å²) in [5, 5.41) is 14.9. The molecule has 0 aliphatic carbocycles. The predicted molar refractivity (Wildman–Crippen MR) is 142 cm³/mol. The van der Waals surface area contributed by atoms with E-state index < -0.39 is 0 Å². The lowest BCUT2D eigenvalue weighted by atomic mass is 10.1. The zero-order chi connectivity index (χ0) is 24.1. The molecule has 0 aliphatic rings. The lowest BCUT2D eigenvalue weighted by molar-refractivity contribution is 0.252. The molecule has 0 bridgehead atoms. The van der Waals surface area contributed by atoms with Crippen LogP contribution in [-0.4, -0.2) is 33.7 Å². The molecule has 34 heavy (non-hydrogen) atoms. The van der Waals surface area contributed by atoms with Crippen LogP contribution in [0.1, 0.15) is 12.8 Å². The Labute approximate surface area is 219 Å². The van der Waals surface area contributed by atoms with Gasteiger partial charge in [-0.2, -0.15) is 9.61 Å². The van der Waals surface area contributed by atoms with E-state index in [0.717, 1.165) is 34.4 Å². The molecule has 4 aromatic rings. The fourth-order valence-corrected chi connectivity index (χ4v) is 4.45. The molecule has 4 rings (SSSR count). The van der Waals surface area contributed by atoms with Gasteiger partial charge in [-0.25, -0.2) is 9.78 Å². The predicted octanol–water partition coefficient (Wildman–Crippen LogP) is 7.13. The Hall–Kier alpha value is -2.52. The van der Waals surface area contributed by atoms with Crippen LogP contribution in [0, 0.1) is 0 Å². The first-order chi connectivity index (χ1) is 16.4. The molecule has 11 heteroatoms. The first-order valence-corrected chi connectivity index (χ1v) is 12.4. The van der Waals surface area contributed by atoms with Crippen LogP contribution < -0.4 is 16.0 Å². The zero-order valence-corrected chi connectivity index (χ0v) is 21.6. The monoisotopic (exact) mass is 580 g/mol. The summed E-state index contributed by atoms with van der Waals surface area (Å²) in [6.07, 6.45) is 3.32. The Balaban J connectivity index is 1.31. The summed E-state index contributed by atoms with van der Waals surface area (Å²) >= 11 is 21.8. The number of amides is 2. The van der Waals surface area contributed by atoms with Crippen LogP contribution in [0.4, 0.5) is 16.3 Å². The molecule has 0 radical (unpaired) electrons. The Morgan fingerprint density at radius 3 is 2.50 bits per heavy atom. The van der Waals surface area contributed by atoms with Gasteiger partial charge in [-0.1, -0.05) is 53.0 Å². The number of aromatic nitrogens is 3. The van der Waals surface area contributed by atoms with Gasteiger partial charge in [-0.15, -0.1) is 0 Å². The van der Waals surface area contributed by atoms with Crippen molar-refractivity contribution >= 4 is 73.9 Å². The summed E-state index contributed by atoms with van der Waals surface area (Å²) in [7, 11) is 0. The highest BCUT2D eigenvalue weighted by atomic mass is 79.9. The van der Waals surface area contributed by atoms with E-state index in [1.165, 1.54) is 0 Å². The van der Waals surface area contributed by atoms with Crippen molar-refractivity contribution in [1.29, 1.82) is 0 Å². The van der Waals surface area contributed by atoms with Gasteiger partial charge in [0.1, 0.15) is 5.82 Å². The van der Waals surface area contributed by atoms with E-state index in [1.54, 1.807) is 28.9 Å². The average Bonchev–Trinajstić information content (AvgIpc) is 3.16. The van der Waals surface area contributed by atoms with E-state index in [9.17, 15) is 4.79 Å². The highest BCUT2D eigenvalue weighted by Gasteiger charge is 2.13. The molecule has 0 saturated carbocycles. The molecule has 0 unspecified atom stereocenters. The Bertz CT molecular complexity index is 1310. The number of unbranched alkanes of at least 4 members (excludes halogenated alkanes) is 1. The molecule has 2 aromatic carbocycles. The molecule has 0 atom stereocenters. The van der Waals surface area contributed by atoms with Crippen molar-refractivity contribution in [3.63, 3.8) is 0 Å². The second-order valence-corrected chi connectivity index (χ2v) is 9.54. The fraction of sp³-hybridized carbons (Fsp3) is 0.174. The van der Waals surface area contributed by atoms with E-state index in [2.05, 4.69) is 37.0 Å². The molecule has 0 spiro atoms. The van der Waals surface area contributed by atoms with Crippen LogP contribution in [0.2, 0.25) is 15.1 Å². The van der Waals surface area contributed by atoms with Crippen molar-refractivity contribution in [3.05, 3.63) is 74.3 Å². The summed E-state index contributed by atoms with van der Waals surface area (Å²) in [6, 6.07) is 14.1. The smallest absolute Gasteiger partial charge is 0.319 e. The van der Waals surface area contributed by atoms with Crippen LogP contribution >= 0.6 is 50.7 Å². The van der Waals surface area contributed by atoms with Crippen LogP contribution in [0.5, 0.6) is 0 Å². The summed E-state index contributed by atoms with van der Waals surface area (Å²) in [5.41, 5.74) is 2.83. The Morgan fingerprint density at radius 1 is 1.00 bits per heavy atom. The van der Waals surface area contributed by atoms with E-state index in [-0.39, 0.29) is 6.03 Å². The van der Waals surface area contributed by atoms with Gasteiger partial charge >= 0.3 is 6.03 Å². The summed E-state index contributed by atoms with van der Waals surface area (Å²) in [6.45, 7) is 1.21. The maximum atomic E-state index is 12.1. The molecule has 176 valence electrons. The van der Waals surface area contributed by atoms with E-state index in [0.29, 0.717) is 39.5 Å². The normalized spacial score (nSPS) is 10.9. The molecule has 3 N–H and O–H groups in total. The second kappa shape index (κ2) is 11.3. The van der Waals surface area contributed by atoms with Crippen molar-refractivity contribution in [3.8, 4) is 11.3 Å². The Kier molecular flexibility index (Phi) is 8.15. The van der Waals surface area contributed by atoms with Crippen molar-refractivity contribution in [2.24, 2.45) is 0 Å². The molecular formula is C23H20BrCl3N6O. The van der Waals surface area contributed by atoms with Crippen LogP contribution in [0.25, 0.3) is 16.9 Å². The fourth-order valence-electron chi connectivity index (χ4n) is 3.34. The van der Waals surface area contributed by atoms with E-state index in [4.69, 9.17) is 39.8 Å². The van der Waals surface area contributed by atoms with Crippen LogP contribution in [-0.2, 0) is 0 Å². The first-order valence-electron chi connectivity index (χ1n) is 10.4. The van der Waals surface area contributed by atoms with Gasteiger partial charge < -0.3 is 16.0 Å². The summed E-state index contributed by atoms with van der Waals surface area (Å²) < 4.78 is 2.53. The molecule has 2 heterocycles. The number of rotatable bonds is 8. The number of benzene rings is 2.